The predicted molar refractivity (Wildman–Crippen MR) is 112 cm³/mol. The highest BCUT2D eigenvalue weighted by atomic mass is 32.2. The van der Waals surface area contributed by atoms with Crippen LogP contribution in [0.4, 0.5) is 0 Å². The Hall–Kier alpha value is -2.83. The number of aromatic nitrogens is 1. The average Bonchev–Trinajstić information content (AvgIpc) is 2.77. The first-order valence-electron chi connectivity index (χ1n) is 8.80. The molecule has 1 aromatic heterocycles. The van der Waals surface area contributed by atoms with Crippen molar-refractivity contribution < 1.29 is 14.6 Å². The summed E-state index contributed by atoms with van der Waals surface area (Å²) in [4.78, 5) is 18.0. The summed E-state index contributed by atoms with van der Waals surface area (Å²) >= 11 is 1.64. The van der Waals surface area contributed by atoms with E-state index in [9.17, 15) is 9.90 Å². The lowest BCUT2D eigenvalue weighted by Crippen LogP contribution is -2.31. The number of nitrogens with one attached hydrogen (secondary N) is 1. The first-order valence-corrected chi connectivity index (χ1v) is 10.0. The molecule has 1 heterocycles. The number of hydrogen-bond donors (Lipinski definition) is 2. The van der Waals surface area contributed by atoms with Gasteiger partial charge in [-0.2, -0.15) is 0 Å². The van der Waals surface area contributed by atoms with E-state index >= 15 is 0 Å². The number of benzene rings is 2. The maximum atomic E-state index is 12.8. The van der Waals surface area contributed by atoms with E-state index in [-0.39, 0.29) is 12.5 Å². The van der Waals surface area contributed by atoms with Crippen LogP contribution in [-0.4, -0.2) is 36.0 Å². The zero-order chi connectivity index (χ0) is 19.9. The van der Waals surface area contributed by atoms with E-state index in [4.69, 9.17) is 4.74 Å². The zero-order valence-electron chi connectivity index (χ0n) is 15.8. The number of hydrogen-bond acceptors (Lipinski definition) is 5. The molecule has 2 N–H and O–H groups in total. The minimum absolute atomic E-state index is 0.193. The van der Waals surface area contributed by atoms with Crippen molar-refractivity contribution in [1.82, 2.24) is 10.3 Å². The van der Waals surface area contributed by atoms with Gasteiger partial charge in [0.15, 0.2) is 0 Å². The Morgan fingerprint density at radius 1 is 1.11 bits per heavy atom. The van der Waals surface area contributed by atoms with Gasteiger partial charge in [-0.05, 0) is 59.3 Å². The molecule has 1 amide bonds. The first kappa shape index (κ1) is 19.9. The van der Waals surface area contributed by atoms with E-state index in [0.717, 1.165) is 21.6 Å². The summed E-state index contributed by atoms with van der Waals surface area (Å²) in [5, 5.41) is 12.6. The third-order valence-corrected chi connectivity index (χ3v) is 5.21. The number of amides is 1. The third-order valence-electron chi connectivity index (χ3n) is 4.47. The van der Waals surface area contributed by atoms with Crippen LogP contribution < -0.4 is 10.1 Å². The van der Waals surface area contributed by atoms with Crippen molar-refractivity contribution in [1.29, 1.82) is 0 Å². The number of pyridine rings is 1. The molecule has 144 valence electrons. The quantitative estimate of drug-likeness (QED) is 0.594. The van der Waals surface area contributed by atoms with E-state index in [2.05, 4.69) is 10.3 Å². The van der Waals surface area contributed by atoms with Crippen molar-refractivity contribution in [3.05, 3.63) is 78.1 Å². The second-order valence-corrected chi connectivity index (χ2v) is 7.01. The molecule has 0 fully saturated rings. The van der Waals surface area contributed by atoms with Gasteiger partial charge in [-0.15, -0.1) is 11.8 Å². The van der Waals surface area contributed by atoms with E-state index in [1.54, 1.807) is 30.2 Å². The second-order valence-electron chi connectivity index (χ2n) is 6.13. The van der Waals surface area contributed by atoms with E-state index < -0.39 is 6.04 Å². The van der Waals surface area contributed by atoms with Gasteiger partial charge in [0.2, 0.25) is 0 Å². The Morgan fingerprint density at radius 3 is 2.43 bits per heavy atom. The first-order chi connectivity index (χ1) is 13.7. The monoisotopic (exact) mass is 394 g/mol. The lowest BCUT2D eigenvalue weighted by atomic mass is 10.0. The van der Waals surface area contributed by atoms with Crippen LogP contribution in [-0.2, 0) is 0 Å². The summed E-state index contributed by atoms with van der Waals surface area (Å²) in [5.74, 6) is 0.173. The summed E-state index contributed by atoms with van der Waals surface area (Å²) in [6.45, 7) is -0.193. The maximum Gasteiger partial charge on any atom is 0.255 e. The molecule has 0 radical (unpaired) electrons. The molecule has 28 heavy (non-hydrogen) atoms. The number of aliphatic hydroxyl groups excluding tert-OH is 1. The van der Waals surface area contributed by atoms with E-state index in [0.29, 0.717) is 11.3 Å². The van der Waals surface area contributed by atoms with Crippen molar-refractivity contribution >= 4 is 17.7 Å². The van der Waals surface area contributed by atoms with Crippen molar-refractivity contribution in [2.45, 2.75) is 10.9 Å². The largest absolute Gasteiger partial charge is 0.496 e. The van der Waals surface area contributed by atoms with Gasteiger partial charge < -0.3 is 15.2 Å². The van der Waals surface area contributed by atoms with Gasteiger partial charge in [0.05, 0.1) is 25.3 Å². The fourth-order valence-corrected chi connectivity index (χ4v) is 3.32. The van der Waals surface area contributed by atoms with Crippen LogP contribution in [0.15, 0.2) is 71.9 Å². The molecule has 5 nitrogen and oxygen atoms in total. The van der Waals surface area contributed by atoms with Gasteiger partial charge in [-0.3, -0.25) is 9.78 Å². The number of rotatable bonds is 7. The fraction of sp³-hybridized carbons (Fsp3) is 0.182. The molecule has 0 saturated heterocycles. The molecule has 0 spiro atoms. The zero-order valence-corrected chi connectivity index (χ0v) is 16.6. The SMILES string of the molecule is COc1cc(-c2ccncc2)ccc1C(=O)NC(CO)c1ccc(SC)cc1. The number of ether oxygens (including phenoxy) is 1. The van der Waals surface area contributed by atoms with Crippen molar-refractivity contribution in [3.63, 3.8) is 0 Å². The van der Waals surface area contributed by atoms with Crippen LogP contribution in [0.2, 0.25) is 0 Å². The Balaban J connectivity index is 1.82. The van der Waals surface area contributed by atoms with Crippen LogP contribution in [0.1, 0.15) is 22.0 Å². The molecule has 0 aliphatic heterocycles. The van der Waals surface area contributed by atoms with Gasteiger partial charge >= 0.3 is 0 Å². The molecule has 6 heteroatoms. The van der Waals surface area contributed by atoms with Gasteiger partial charge in [-0.25, -0.2) is 0 Å². The minimum Gasteiger partial charge on any atom is -0.496 e. The highest BCUT2D eigenvalue weighted by Gasteiger charge is 2.18. The molecule has 0 aliphatic carbocycles. The highest BCUT2D eigenvalue weighted by Crippen LogP contribution is 2.28. The topological polar surface area (TPSA) is 71.5 Å². The molecular weight excluding hydrogens is 372 g/mol. The van der Waals surface area contributed by atoms with Gasteiger partial charge in [0.25, 0.3) is 5.91 Å². The number of aliphatic hydroxyl groups is 1. The van der Waals surface area contributed by atoms with Crippen LogP contribution >= 0.6 is 11.8 Å². The molecular formula is C22H22N2O3S. The van der Waals surface area contributed by atoms with Gasteiger partial charge in [0, 0.05) is 17.3 Å². The number of nitrogens with zero attached hydrogens (tertiary/aromatic N) is 1. The summed E-state index contributed by atoms with van der Waals surface area (Å²) in [6, 6.07) is 16.5. The highest BCUT2D eigenvalue weighted by molar-refractivity contribution is 7.98. The van der Waals surface area contributed by atoms with Crippen molar-refractivity contribution in [2.75, 3.05) is 20.0 Å². The van der Waals surface area contributed by atoms with Gasteiger partial charge in [-0.1, -0.05) is 18.2 Å². The Morgan fingerprint density at radius 2 is 1.82 bits per heavy atom. The molecule has 0 bridgehead atoms. The van der Waals surface area contributed by atoms with E-state index in [1.807, 2.05) is 54.8 Å². The lowest BCUT2D eigenvalue weighted by Gasteiger charge is -2.18. The number of carbonyl (C=O) groups excluding carboxylic acids is 1. The smallest absolute Gasteiger partial charge is 0.255 e. The number of carbonyl (C=O) groups is 1. The molecule has 0 saturated carbocycles. The standard InChI is InChI=1S/C22H22N2O3S/c1-27-21-13-17(15-9-11-23-12-10-15)5-8-19(21)22(26)24-20(14-25)16-3-6-18(28-2)7-4-16/h3-13,20,25H,14H2,1-2H3,(H,24,26). The summed E-state index contributed by atoms with van der Waals surface area (Å²) in [6.07, 6.45) is 5.44. The molecule has 3 rings (SSSR count). The average molecular weight is 394 g/mol. The Bertz CT molecular complexity index is 930. The Kier molecular flexibility index (Phi) is 6.68. The number of methoxy groups -OCH3 is 1. The van der Waals surface area contributed by atoms with Crippen LogP contribution in [0.5, 0.6) is 5.75 Å². The predicted octanol–water partition coefficient (Wildman–Crippen LogP) is 3.94. The minimum atomic E-state index is -0.493. The maximum absolute atomic E-state index is 12.8. The molecule has 1 atom stereocenters. The Labute approximate surface area is 168 Å². The number of thioether (sulfide) groups is 1. The lowest BCUT2D eigenvalue weighted by molar-refractivity contribution is 0.0913. The van der Waals surface area contributed by atoms with Gasteiger partial charge in [0.1, 0.15) is 5.75 Å². The molecule has 3 aromatic rings. The van der Waals surface area contributed by atoms with Crippen LogP contribution in [0.25, 0.3) is 11.1 Å². The van der Waals surface area contributed by atoms with Crippen LogP contribution in [0.3, 0.4) is 0 Å². The van der Waals surface area contributed by atoms with E-state index in [1.165, 1.54) is 7.11 Å². The third kappa shape index (κ3) is 4.52. The normalized spacial score (nSPS) is 11.7. The fourth-order valence-electron chi connectivity index (χ4n) is 2.91. The van der Waals surface area contributed by atoms with Crippen molar-refractivity contribution in [2.24, 2.45) is 0 Å². The molecule has 1 unspecified atom stereocenters. The summed E-state index contributed by atoms with van der Waals surface area (Å²) in [5.41, 5.74) is 3.19. The second kappa shape index (κ2) is 9.39. The molecule has 0 aliphatic rings. The van der Waals surface area contributed by atoms with Crippen LogP contribution in [0, 0.1) is 0 Å². The summed E-state index contributed by atoms with van der Waals surface area (Å²) in [7, 11) is 1.53. The molecule has 2 aromatic carbocycles. The summed E-state index contributed by atoms with van der Waals surface area (Å²) < 4.78 is 5.44. The van der Waals surface area contributed by atoms with Crippen molar-refractivity contribution in [3.8, 4) is 16.9 Å².